The number of likely N-dealkylation sites (tertiary alicyclic amines) is 1. The first-order valence-electron chi connectivity index (χ1n) is 11.3. The maximum absolute atomic E-state index is 13.4. The third-order valence-electron chi connectivity index (χ3n) is 6.27. The number of hydrogen-bond donors (Lipinski definition) is 1. The largest absolute Gasteiger partial charge is 0.493 e. The lowest BCUT2D eigenvalue weighted by Gasteiger charge is -2.41. The molecule has 2 aromatic rings. The fourth-order valence-corrected chi connectivity index (χ4v) is 4.75. The van der Waals surface area contributed by atoms with E-state index in [2.05, 4.69) is 11.9 Å². The lowest BCUT2D eigenvalue weighted by atomic mass is 9.77. The van der Waals surface area contributed by atoms with E-state index in [1.165, 1.54) is 0 Å². The molecule has 1 aliphatic heterocycles. The van der Waals surface area contributed by atoms with Gasteiger partial charge in [0.1, 0.15) is 5.75 Å². The number of rotatable bonds is 9. The van der Waals surface area contributed by atoms with E-state index < -0.39 is 0 Å². The molecule has 6 heteroatoms. The number of hydrogen-bond acceptors (Lipinski definition) is 4. The van der Waals surface area contributed by atoms with E-state index in [0.717, 1.165) is 53.4 Å². The molecule has 1 heterocycles. The number of halogens is 1. The number of benzene rings is 2. The molecule has 0 saturated carbocycles. The molecule has 1 aliphatic rings. The molecule has 0 bridgehead atoms. The van der Waals surface area contributed by atoms with Gasteiger partial charge in [-0.25, -0.2) is 0 Å². The second-order valence-electron chi connectivity index (χ2n) is 9.20. The van der Waals surface area contributed by atoms with Crippen LogP contribution in [0.5, 0.6) is 5.75 Å². The number of amides is 1. The topological polar surface area (TPSA) is 53.0 Å². The second kappa shape index (κ2) is 11.2. The molecule has 1 saturated heterocycles. The van der Waals surface area contributed by atoms with Crippen LogP contribution in [0.2, 0.25) is 5.02 Å². The van der Waals surface area contributed by atoms with Crippen molar-refractivity contribution in [2.24, 2.45) is 5.41 Å². The highest BCUT2D eigenvalue weighted by Crippen LogP contribution is 2.35. The van der Waals surface area contributed by atoms with Gasteiger partial charge in [-0.1, -0.05) is 41.9 Å². The molecular formula is C26H35ClN2O3. The average molecular weight is 459 g/mol. The highest BCUT2D eigenvalue weighted by molar-refractivity contribution is 6.32. The van der Waals surface area contributed by atoms with Crippen LogP contribution < -0.4 is 4.74 Å². The van der Waals surface area contributed by atoms with Gasteiger partial charge in [0, 0.05) is 36.5 Å². The van der Waals surface area contributed by atoms with Crippen molar-refractivity contribution in [1.29, 1.82) is 0 Å². The molecule has 1 amide bonds. The number of nitrogens with zero attached hydrogens (tertiary/aromatic N) is 2. The molecule has 32 heavy (non-hydrogen) atoms. The molecule has 3 rings (SSSR count). The minimum absolute atomic E-state index is 0.0503. The van der Waals surface area contributed by atoms with Crippen LogP contribution in [0.15, 0.2) is 42.5 Å². The maximum Gasteiger partial charge on any atom is 0.223 e. The Balaban J connectivity index is 1.75. The van der Waals surface area contributed by atoms with Crippen LogP contribution >= 0.6 is 11.6 Å². The number of aliphatic hydroxyl groups excluding tert-OH is 1. The van der Waals surface area contributed by atoms with Gasteiger partial charge in [0.05, 0.1) is 13.2 Å². The fraction of sp³-hybridized carbons (Fsp3) is 0.500. The SMILES string of the molecule is Cc1cc(OCC2(CC(=O)N(CCO)Cc3ccccc3)CCCN(C)C2)cc(C)c1Cl. The van der Waals surface area contributed by atoms with Gasteiger partial charge in [0.15, 0.2) is 0 Å². The molecule has 1 fully saturated rings. The van der Waals surface area contributed by atoms with E-state index >= 15 is 0 Å². The van der Waals surface area contributed by atoms with Gasteiger partial charge in [0.2, 0.25) is 5.91 Å². The van der Waals surface area contributed by atoms with Gasteiger partial charge in [-0.15, -0.1) is 0 Å². The third-order valence-corrected chi connectivity index (χ3v) is 6.87. The Bertz CT molecular complexity index is 882. The number of aryl methyl sites for hydroxylation is 2. The molecule has 0 spiro atoms. The summed E-state index contributed by atoms with van der Waals surface area (Å²) in [6, 6.07) is 13.9. The number of carbonyl (C=O) groups is 1. The van der Waals surface area contributed by atoms with E-state index in [1.807, 2.05) is 56.3 Å². The Morgan fingerprint density at radius 1 is 1.22 bits per heavy atom. The van der Waals surface area contributed by atoms with E-state index in [-0.39, 0.29) is 17.9 Å². The number of ether oxygens (including phenoxy) is 1. The number of aliphatic hydroxyl groups is 1. The van der Waals surface area contributed by atoms with Crippen molar-refractivity contribution in [3.63, 3.8) is 0 Å². The first-order chi connectivity index (χ1) is 15.3. The Kier molecular flexibility index (Phi) is 8.57. The van der Waals surface area contributed by atoms with Crippen LogP contribution in [0.4, 0.5) is 0 Å². The minimum atomic E-state index is -0.268. The molecule has 1 unspecified atom stereocenters. The molecule has 2 aromatic carbocycles. The van der Waals surface area contributed by atoms with Crippen molar-refractivity contribution in [2.75, 3.05) is 39.9 Å². The lowest BCUT2D eigenvalue weighted by Crippen LogP contribution is -2.48. The number of carbonyl (C=O) groups excluding carboxylic acids is 1. The summed E-state index contributed by atoms with van der Waals surface area (Å²) in [7, 11) is 2.10. The number of piperidine rings is 1. The van der Waals surface area contributed by atoms with Crippen molar-refractivity contribution in [1.82, 2.24) is 9.80 Å². The van der Waals surface area contributed by atoms with Crippen LogP contribution in [-0.4, -0.2) is 60.7 Å². The van der Waals surface area contributed by atoms with Crippen molar-refractivity contribution < 1.29 is 14.6 Å². The molecule has 174 valence electrons. The molecule has 0 aromatic heterocycles. The van der Waals surface area contributed by atoms with Gasteiger partial charge in [-0.2, -0.15) is 0 Å². The van der Waals surface area contributed by atoms with Gasteiger partial charge in [-0.3, -0.25) is 4.79 Å². The smallest absolute Gasteiger partial charge is 0.223 e. The summed E-state index contributed by atoms with van der Waals surface area (Å²) >= 11 is 6.31. The summed E-state index contributed by atoms with van der Waals surface area (Å²) in [6.07, 6.45) is 2.37. The second-order valence-corrected chi connectivity index (χ2v) is 9.58. The van der Waals surface area contributed by atoms with Gasteiger partial charge >= 0.3 is 0 Å². The fourth-order valence-electron chi connectivity index (χ4n) is 4.64. The zero-order valence-electron chi connectivity index (χ0n) is 19.4. The van der Waals surface area contributed by atoms with Gasteiger partial charge in [0.25, 0.3) is 0 Å². The summed E-state index contributed by atoms with van der Waals surface area (Å²) in [5.41, 5.74) is 2.78. The monoisotopic (exact) mass is 458 g/mol. The van der Waals surface area contributed by atoms with E-state index in [9.17, 15) is 9.90 Å². The lowest BCUT2D eigenvalue weighted by molar-refractivity contribution is -0.136. The predicted molar refractivity (Wildman–Crippen MR) is 129 cm³/mol. The van der Waals surface area contributed by atoms with Gasteiger partial charge < -0.3 is 19.6 Å². The zero-order valence-corrected chi connectivity index (χ0v) is 20.2. The van der Waals surface area contributed by atoms with Crippen molar-refractivity contribution >= 4 is 17.5 Å². The highest BCUT2D eigenvalue weighted by atomic mass is 35.5. The van der Waals surface area contributed by atoms with E-state index in [1.54, 1.807) is 4.90 Å². The molecule has 0 radical (unpaired) electrons. The molecule has 1 atom stereocenters. The molecule has 1 N–H and O–H groups in total. The van der Waals surface area contributed by atoms with E-state index in [4.69, 9.17) is 16.3 Å². The van der Waals surface area contributed by atoms with Gasteiger partial charge in [-0.05, 0) is 69.1 Å². The normalized spacial score (nSPS) is 19.0. The summed E-state index contributed by atoms with van der Waals surface area (Å²) < 4.78 is 6.27. The summed E-state index contributed by atoms with van der Waals surface area (Å²) in [6.45, 7) is 7.05. The predicted octanol–water partition coefficient (Wildman–Crippen LogP) is 4.46. The quantitative estimate of drug-likeness (QED) is 0.602. The Labute approximate surface area is 196 Å². The van der Waals surface area contributed by atoms with Crippen LogP contribution in [-0.2, 0) is 11.3 Å². The molecule has 0 aliphatic carbocycles. The van der Waals surface area contributed by atoms with Crippen LogP contribution in [0.1, 0.15) is 36.0 Å². The maximum atomic E-state index is 13.4. The first kappa shape index (κ1) is 24.6. The Morgan fingerprint density at radius 2 is 1.91 bits per heavy atom. The van der Waals surface area contributed by atoms with E-state index in [0.29, 0.717) is 26.1 Å². The van der Waals surface area contributed by atoms with Crippen LogP contribution in [0.3, 0.4) is 0 Å². The zero-order chi connectivity index (χ0) is 23.1. The minimum Gasteiger partial charge on any atom is -0.493 e. The molecule has 5 nitrogen and oxygen atoms in total. The highest BCUT2D eigenvalue weighted by Gasteiger charge is 2.38. The molecular weight excluding hydrogens is 424 g/mol. The summed E-state index contributed by atoms with van der Waals surface area (Å²) in [5.74, 6) is 0.853. The third kappa shape index (κ3) is 6.47. The Morgan fingerprint density at radius 3 is 2.53 bits per heavy atom. The van der Waals surface area contributed by atoms with Crippen molar-refractivity contribution in [3.8, 4) is 5.75 Å². The average Bonchev–Trinajstić information content (AvgIpc) is 2.76. The standard InChI is InChI=1S/C26H35ClN2O3/c1-20-14-23(15-21(2)25(20)27)32-19-26(10-7-11-28(3)18-26)16-24(31)29(12-13-30)17-22-8-5-4-6-9-22/h4-6,8-9,14-15,30H,7,10-13,16-19H2,1-3H3. The summed E-state index contributed by atoms with van der Waals surface area (Å²) in [4.78, 5) is 17.5. The van der Waals surface area contributed by atoms with Crippen LogP contribution in [0.25, 0.3) is 0 Å². The van der Waals surface area contributed by atoms with Crippen molar-refractivity contribution in [3.05, 3.63) is 64.2 Å². The first-order valence-corrected chi connectivity index (χ1v) is 11.7. The Hall–Kier alpha value is -2.08. The summed E-state index contributed by atoms with van der Waals surface area (Å²) in [5, 5.41) is 10.3. The van der Waals surface area contributed by atoms with Crippen LogP contribution in [0, 0.1) is 19.3 Å². The van der Waals surface area contributed by atoms with Crippen molar-refractivity contribution in [2.45, 2.75) is 39.7 Å².